The third-order valence-electron chi connectivity index (χ3n) is 3.93. The summed E-state index contributed by atoms with van der Waals surface area (Å²) in [6, 6.07) is 10.7. The zero-order valence-corrected chi connectivity index (χ0v) is 16.4. The van der Waals surface area contributed by atoms with Crippen molar-refractivity contribution in [2.75, 3.05) is 6.54 Å². The number of aromatic nitrogens is 1. The number of rotatable bonds is 8. The van der Waals surface area contributed by atoms with Crippen LogP contribution in [0.15, 0.2) is 64.3 Å². The fourth-order valence-electron chi connectivity index (χ4n) is 2.56. The van der Waals surface area contributed by atoms with Gasteiger partial charge >= 0.3 is 0 Å². The number of nitrogens with zero attached hydrogens (tertiary/aromatic N) is 1. The lowest BCUT2D eigenvalue weighted by Crippen LogP contribution is -2.31. The van der Waals surface area contributed by atoms with Crippen molar-refractivity contribution < 1.29 is 17.6 Å². The van der Waals surface area contributed by atoms with Gasteiger partial charge in [-0.15, -0.1) is 0 Å². The summed E-state index contributed by atoms with van der Waals surface area (Å²) in [6.07, 6.45) is 1.62. The van der Waals surface area contributed by atoms with Crippen LogP contribution in [-0.2, 0) is 21.4 Å². The Morgan fingerprint density at radius 3 is 2.71 bits per heavy atom. The molecule has 0 bridgehead atoms. The predicted molar refractivity (Wildman–Crippen MR) is 106 cm³/mol. The molecule has 2 N–H and O–H groups in total. The molecule has 1 aromatic carbocycles. The highest BCUT2D eigenvalue weighted by molar-refractivity contribution is 7.89. The second kappa shape index (κ2) is 9.05. The van der Waals surface area contributed by atoms with E-state index in [2.05, 4.69) is 15.0 Å². The fraction of sp³-hybridized carbons (Fsp3) is 0.158. The van der Waals surface area contributed by atoms with Crippen LogP contribution in [0, 0.1) is 5.82 Å². The van der Waals surface area contributed by atoms with E-state index in [0.717, 1.165) is 22.9 Å². The third-order valence-corrected chi connectivity index (χ3v) is 6.11. The normalized spacial score (nSPS) is 11.3. The van der Waals surface area contributed by atoms with Crippen LogP contribution in [0.5, 0.6) is 0 Å². The molecule has 0 spiro atoms. The summed E-state index contributed by atoms with van der Waals surface area (Å²) in [6.45, 7) is 0.144. The molecule has 9 heteroatoms. The van der Waals surface area contributed by atoms with Gasteiger partial charge < -0.3 is 5.32 Å². The molecular formula is C19H18FN3O3S2. The number of hydrogen-bond acceptors (Lipinski definition) is 5. The van der Waals surface area contributed by atoms with Gasteiger partial charge in [0.1, 0.15) is 10.7 Å². The molecule has 0 aliphatic rings. The Kier molecular flexibility index (Phi) is 6.50. The van der Waals surface area contributed by atoms with Gasteiger partial charge in [-0.3, -0.25) is 9.78 Å². The lowest BCUT2D eigenvalue weighted by atomic mass is 10.1. The highest BCUT2D eigenvalue weighted by Crippen LogP contribution is 2.23. The molecule has 3 rings (SSSR count). The molecule has 0 saturated heterocycles. The topological polar surface area (TPSA) is 88.2 Å². The van der Waals surface area contributed by atoms with Crippen molar-refractivity contribution in [1.82, 2.24) is 15.0 Å². The van der Waals surface area contributed by atoms with E-state index in [-0.39, 0.29) is 25.4 Å². The van der Waals surface area contributed by atoms with Crippen LogP contribution in [0.4, 0.5) is 4.39 Å². The van der Waals surface area contributed by atoms with E-state index in [1.54, 1.807) is 23.6 Å². The van der Waals surface area contributed by atoms with Crippen molar-refractivity contribution >= 4 is 27.3 Å². The summed E-state index contributed by atoms with van der Waals surface area (Å²) in [7, 11) is -4.00. The molecule has 0 unspecified atom stereocenters. The van der Waals surface area contributed by atoms with Crippen LogP contribution >= 0.6 is 11.3 Å². The number of thiophene rings is 1. The average molecular weight is 420 g/mol. The Bertz CT molecular complexity index is 1050. The summed E-state index contributed by atoms with van der Waals surface area (Å²) >= 11 is 1.56. The van der Waals surface area contributed by atoms with Crippen LogP contribution in [0.1, 0.15) is 12.0 Å². The first-order valence-electron chi connectivity index (χ1n) is 8.45. The number of benzene rings is 1. The van der Waals surface area contributed by atoms with Crippen LogP contribution < -0.4 is 10.0 Å². The molecule has 0 saturated carbocycles. The van der Waals surface area contributed by atoms with Gasteiger partial charge in [0, 0.05) is 36.7 Å². The van der Waals surface area contributed by atoms with Gasteiger partial charge in [0.25, 0.3) is 0 Å². The Morgan fingerprint density at radius 2 is 1.96 bits per heavy atom. The molecule has 28 heavy (non-hydrogen) atoms. The maximum absolute atomic E-state index is 13.6. The van der Waals surface area contributed by atoms with Crippen molar-refractivity contribution in [2.45, 2.75) is 17.9 Å². The van der Waals surface area contributed by atoms with Gasteiger partial charge in [0.2, 0.25) is 15.9 Å². The van der Waals surface area contributed by atoms with E-state index in [0.29, 0.717) is 0 Å². The minimum atomic E-state index is -4.00. The lowest BCUT2D eigenvalue weighted by Gasteiger charge is -2.10. The Balaban J connectivity index is 1.53. The number of pyridine rings is 1. The maximum atomic E-state index is 13.6. The summed E-state index contributed by atoms with van der Waals surface area (Å²) < 4.78 is 40.1. The van der Waals surface area contributed by atoms with Gasteiger partial charge in [-0.25, -0.2) is 17.5 Å². The second-order valence-corrected chi connectivity index (χ2v) is 8.39. The van der Waals surface area contributed by atoms with E-state index >= 15 is 0 Å². The SMILES string of the molecule is O=C(CCNS(=O)(=O)c1ccccc1F)NCc1cccnc1-c1ccsc1. The minimum absolute atomic E-state index is 0.0677. The number of hydrogen-bond donors (Lipinski definition) is 2. The lowest BCUT2D eigenvalue weighted by molar-refractivity contribution is -0.121. The molecule has 146 valence electrons. The molecule has 0 atom stereocenters. The quantitative estimate of drug-likeness (QED) is 0.588. The Morgan fingerprint density at radius 1 is 1.14 bits per heavy atom. The second-order valence-electron chi connectivity index (χ2n) is 5.88. The standard InChI is InChI=1S/C19H18FN3O3S2/c20-16-5-1-2-6-17(16)28(25,26)23-10-7-18(24)22-12-14-4-3-9-21-19(14)15-8-11-27-13-15/h1-6,8-9,11,13,23H,7,10,12H2,(H,22,24). The molecule has 2 heterocycles. The zero-order chi connectivity index (χ0) is 20.0. The smallest absolute Gasteiger partial charge is 0.243 e. The average Bonchev–Trinajstić information content (AvgIpc) is 3.21. The highest BCUT2D eigenvalue weighted by atomic mass is 32.2. The molecule has 0 radical (unpaired) electrons. The van der Waals surface area contributed by atoms with Gasteiger partial charge in [-0.1, -0.05) is 18.2 Å². The minimum Gasteiger partial charge on any atom is -0.352 e. The monoisotopic (exact) mass is 419 g/mol. The van der Waals surface area contributed by atoms with Crippen molar-refractivity contribution in [3.8, 4) is 11.3 Å². The first kappa shape index (κ1) is 20.1. The maximum Gasteiger partial charge on any atom is 0.243 e. The largest absolute Gasteiger partial charge is 0.352 e. The van der Waals surface area contributed by atoms with E-state index < -0.39 is 20.7 Å². The zero-order valence-electron chi connectivity index (χ0n) is 14.8. The van der Waals surface area contributed by atoms with Crippen LogP contribution in [-0.4, -0.2) is 25.9 Å². The van der Waals surface area contributed by atoms with Crippen LogP contribution in [0.3, 0.4) is 0 Å². The predicted octanol–water partition coefficient (Wildman–Crippen LogP) is 2.93. The number of halogens is 1. The van der Waals surface area contributed by atoms with Gasteiger partial charge in [-0.2, -0.15) is 11.3 Å². The van der Waals surface area contributed by atoms with Crippen LogP contribution in [0.25, 0.3) is 11.3 Å². The third kappa shape index (κ3) is 5.00. The number of carbonyl (C=O) groups excluding carboxylic acids is 1. The summed E-state index contributed by atoms with van der Waals surface area (Å²) in [5, 5.41) is 6.68. The molecule has 3 aromatic rings. The van der Waals surface area contributed by atoms with Crippen molar-refractivity contribution in [3.05, 3.63) is 70.8 Å². The van der Waals surface area contributed by atoms with Crippen molar-refractivity contribution in [1.29, 1.82) is 0 Å². The van der Waals surface area contributed by atoms with E-state index in [4.69, 9.17) is 0 Å². The molecule has 2 aromatic heterocycles. The molecule has 6 nitrogen and oxygen atoms in total. The molecule has 0 aliphatic carbocycles. The number of sulfonamides is 1. The summed E-state index contributed by atoms with van der Waals surface area (Å²) in [4.78, 5) is 16.0. The van der Waals surface area contributed by atoms with E-state index in [9.17, 15) is 17.6 Å². The molecule has 0 aliphatic heterocycles. The van der Waals surface area contributed by atoms with Crippen molar-refractivity contribution in [2.24, 2.45) is 0 Å². The van der Waals surface area contributed by atoms with Crippen molar-refractivity contribution in [3.63, 3.8) is 0 Å². The Labute approximate surface area is 166 Å². The van der Waals surface area contributed by atoms with Gasteiger partial charge in [0.05, 0.1) is 5.69 Å². The van der Waals surface area contributed by atoms with Gasteiger partial charge in [-0.05, 0) is 35.2 Å². The number of amides is 1. The molecule has 0 fully saturated rings. The van der Waals surface area contributed by atoms with E-state index in [1.807, 2.05) is 22.9 Å². The fourth-order valence-corrected chi connectivity index (χ4v) is 4.31. The Hall–Kier alpha value is -2.62. The summed E-state index contributed by atoms with van der Waals surface area (Å²) in [5.41, 5.74) is 2.64. The molecule has 1 amide bonds. The van der Waals surface area contributed by atoms with E-state index in [1.165, 1.54) is 18.2 Å². The molecular weight excluding hydrogens is 401 g/mol. The summed E-state index contributed by atoms with van der Waals surface area (Å²) in [5.74, 6) is -1.16. The van der Waals surface area contributed by atoms with Crippen LogP contribution in [0.2, 0.25) is 0 Å². The van der Waals surface area contributed by atoms with Gasteiger partial charge in [0.15, 0.2) is 0 Å². The number of nitrogens with one attached hydrogen (secondary N) is 2. The highest BCUT2D eigenvalue weighted by Gasteiger charge is 2.18. The number of carbonyl (C=O) groups is 1. The first-order chi connectivity index (χ1) is 13.5. The first-order valence-corrected chi connectivity index (χ1v) is 10.9.